The highest BCUT2D eigenvalue weighted by molar-refractivity contribution is 9.10. The van der Waals surface area contributed by atoms with Gasteiger partial charge in [0.1, 0.15) is 0 Å². The summed E-state index contributed by atoms with van der Waals surface area (Å²) in [6.07, 6.45) is 1.00. The Morgan fingerprint density at radius 1 is 1.14 bits per heavy atom. The maximum Gasteiger partial charge on any atom is 0.322 e. The molecule has 1 aromatic carbocycles. The Bertz CT molecular complexity index is 580. The van der Waals surface area contributed by atoms with Crippen molar-refractivity contribution in [2.24, 2.45) is 0 Å². The summed E-state index contributed by atoms with van der Waals surface area (Å²) in [5.74, 6) is 0.551. The van der Waals surface area contributed by atoms with Crippen molar-refractivity contribution in [3.63, 3.8) is 0 Å². The van der Waals surface area contributed by atoms with Gasteiger partial charge in [-0.3, -0.25) is 0 Å². The van der Waals surface area contributed by atoms with E-state index < -0.39 is 0 Å². The van der Waals surface area contributed by atoms with Crippen LogP contribution in [-0.2, 0) is 0 Å². The van der Waals surface area contributed by atoms with E-state index in [0.717, 1.165) is 22.3 Å². The molecule has 0 saturated heterocycles. The van der Waals surface area contributed by atoms with E-state index in [4.69, 9.17) is 4.74 Å². The first kappa shape index (κ1) is 16.0. The Morgan fingerprint density at radius 2 is 1.90 bits per heavy atom. The molecule has 21 heavy (non-hydrogen) atoms. The summed E-state index contributed by atoms with van der Waals surface area (Å²) in [6.45, 7) is 5.34. The highest BCUT2D eigenvalue weighted by Gasteiger charge is 2.08. The molecule has 7 heteroatoms. The first-order valence-electron chi connectivity index (χ1n) is 6.77. The Labute approximate surface area is 137 Å². The Hall–Kier alpha value is -1.34. The molecule has 0 fully saturated rings. The molecule has 0 spiro atoms. The zero-order valence-electron chi connectivity index (χ0n) is 12.0. The van der Waals surface area contributed by atoms with Crippen LogP contribution in [0.4, 0.5) is 5.95 Å². The van der Waals surface area contributed by atoms with Crippen molar-refractivity contribution in [1.82, 2.24) is 15.0 Å². The van der Waals surface area contributed by atoms with Crippen LogP contribution in [0.2, 0.25) is 0 Å². The zero-order chi connectivity index (χ0) is 15.1. The maximum atomic E-state index is 5.40. The molecule has 1 aromatic heterocycles. The van der Waals surface area contributed by atoms with Gasteiger partial charge in [0.15, 0.2) is 0 Å². The molecule has 0 radical (unpaired) electrons. The first-order valence-corrected chi connectivity index (χ1v) is 8.38. The second-order valence-electron chi connectivity index (χ2n) is 4.14. The second-order valence-corrected chi connectivity index (χ2v) is 6.10. The largest absolute Gasteiger partial charge is 0.464 e. The van der Waals surface area contributed by atoms with Crippen molar-refractivity contribution in [1.29, 1.82) is 0 Å². The molecule has 2 rings (SSSR count). The van der Waals surface area contributed by atoms with Crippen molar-refractivity contribution in [3.8, 4) is 6.01 Å². The van der Waals surface area contributed by atoms with Crippen LogP contribution in [0.25, 0.3) is 0 Å². The smallest absolute Gasteiger partial charge is 0.322 e. The number of nitrogens with one attached hydrogen (secondary N) is 1. The minimum absolute atomic E-state index is 0.353. The van der Waals surface area contributed by atoms with Gasteiger partial charge < -0.3 is 10.1 Å². The number of hydrogen-bond acceptors (Lipinski definition) is 6. The second kappa shape index (κ2) is 8.19. The monoisotopic (exact) mass is 368 g/mol. The van der Waals surface area contributed by atoms with E-state index >= 15 is 0 Å². The normalized spacial score (nSPS) is 10.4. The quantitative estimate of drug-likeness (QED) is 0.796. The number of aromatic nitrogens is 3. The molecule has 0 atom stereocenters. The molecular formula is C14H17BrN4OS. The van der Waals surface area contributed by atoms with Gasteiger partial charge in [-0.05, 0) is 49.4 Å². The Kier molecular flexibility index (Phi) is 6.25. The molecule has 0 amide bonds. The third-order valence-corrected chi connectivity index (χ3v) is 3.83. The average Bonchev–Trinajstić information content (AvgIpc) is 2.48. The van der Waals surface area contributed by atoms with Gasteiger partial charge >= 0.3 is 6.01 Å². The molecule has 5 nitrogen and oxygen atoms in total. The number of ether oxygens (including phenoxy) is 1. The van der Waals surface area contributed by atoms with Crippen LogP contribution in [-0.4, -0.2) is 28.1 Å². The van der Waals surface area contributed by atoms with Crippen LogP contribution in [0.15, 0.2) is 38.8 Å². The summed E-state index contributed by atoms with van der Waals surface area (Å²) in [6, 6.07) is 8.36. The minimum Gasteiger partial charge on any atom is -0.464 e. The van der Waals surface area contributed by atoms with Crippen LogP contribution in [0.1, 0.15) is 20.3 Å². The molecular weight excluding hydrogens is 352 g/mol. The Morgan fingerprint density at radius 3 is 2.57 bits per heavy atom. The Balaban J connectivity index is 2.19. The maximum absolute atomic E-state index is 5.40. The summed E-state index contributed by atoms with van der Waals surface area (Å²) in [5.41, 5.74) is 0. The van der Waals surface area contributed by atoms with E-state index in [9.17, 15) is 0 Å². The van der Waals surface area contributed by atoms with Gasteiger partial charge in [-0.15, -0.1) is 0 Å². The lowest BCUT2D eigenvalue weighted by Crippen LogP contribution is -2.08. The summed E-state index contributed by atoms with van der Waals surface area (Å²) in [7, 11) is 0. The number of nitrogens with zero attached hydrogens (tertiary/aromatic N) is 3. The molecule has 0 aliphatic heterocycles. The van der Waals surface area contributed by atoms with Crippen LogP contribution in [0.3, 0.4) is 0 Å². The van der Waals surface area contributed by atoms with Crippen molar-refractivity contribution in [2.75, 3.05) is 18.5 Å². The van der Waals surface area contributed by atoms with Crippen LogP contribution >= 0.6 is 27.7 Å². The third kappa shape index (κ3) is 5.17. The molecule has 2 aromatic rings. The summed E-state index contributed by atoms with van der Waals surface area (Å²) in [4.78, 5) is 14.0. The first-order chi connectivity index (χ1) is 10.2. The molecule has 1 heterocycles. The summed E-state index contributed by atoms with van der Waals surface area (Å²) >= 11 is 4.90. The van der Waals surface area contributed by atoms with Gasteiger partial charge in [0, 0.05) is 15.9 Å². The van der Waals surface area contributed by atoms with Gasteiger partial charge in [0.25, 0.3) is 0 Å². The number of anilines is 1. The number of rotatable bonds is 7. The molecule has 0 unspecified atom stereocenters. The predicted molar refractivity (Wildman–Crippen MR) is 88.0 cm³/mol. The van der Waals surface area contributed by atoms with Crippen molar-refractivity contribution >= 4 is 33.6 Å². The van der Waals surface area contributed by atoms with Crippen molar-refractivity contribution < 1.29 is 4.74 Å². The van der Waals surface area contributed by atoms with Crippen molar-refractivity contribution in [2.45, 2.75) is 30.3 Å². The highest BCUT2D eigenvalue weighted by atomic mass is 79.9. The van der Waals surface area contributed by atoms with E-state index in [1.807, 2.05) is 31.2 Å². The topological polar surface area (TPSA) is 59.9 Å². The summed E-state index contributed by atoms with van der Waals surface area (Å²) in [5, 5.41) is 3.79. The number of halogens is 1. The zero-order valence-corrected chi connectivity index (χ0v) is 14.4. The highest BCUT2D eigenvalue weighted by Crippen LogP contribution is 2.27. The molecule has 112 valence electrons. The van der Waals surface area contributed by atoms with Gasteiger partial charge in [0.05, 0.1) is 6.61 Å². The van der Waals surface area contributed by atoms with E-state index in [2.05, 4.69) is 43.1 Å². The van der Waals surface area contributed by atoms with E-state index in [-0.39, 0.29) is 0 Å². The fourth-order valence-electron chi connectivity index (χ4n) is 1.50. The third-order valence-electron chi connectivity index (χ3n) is 2.42. The number of hydrogen-bond donors (Lipinski definition) is 1. The van der Waals surface area contributed by atoms with Gasteiger partial charge in [-0.1, -0.05) is 22.9 Å². The standard InChI is InChI=1S/C14H17BrN4OS/c1-3-9-16-12-17-13(20-4-2)19-14(18-12)21-11-7-5-10(15)6-8-11/h5-8H,3-4,9H2,1-2H3,(H,16,17,18,19). The fraction of sp³-hybridized carbons (Fsp3) is 0.357. The molecule has 0 aliphatic carbocycles. The molecule has 0 bridgehead atoms. The predicted octanol–water partition coefficient (Wildman–Crippen LogP) is 4.01. The fourth-order valence-corrected chi connectivity index (χ4v) is 2.50. The average molecular weight is 369 g/mol. The minimum atomic E-state index is 0.353. The molecule has 0 aliphatic rings. The number of benzene rings is 1. The van der Waals surface area contributed by atoms with Crippen LogP contribution < -0.4 is 10.1 Å². The SMILES string of the molecule is CCCNc1nc(OCC)nc(Sc2ccc(Br)cc2)n1. The van der Waals surface area contributed by atoms with Crippen LogP contribution in [0, 0.1) is 0 Å². The van der Waals surface area contributed by atoms with Gasteiger partial charge in [-0.25, -0.2) is 0 Å². The lowest BCUT2D eigenvalue weighted by atomic mass is 10.4. The van der Waals surface area contributed by atoms with Crippen LogP contribution in [0.5, 0.6) is 6.01 Å². The lowest BCUT2D eigenvalue weighted by Gasteiger charge is -2.08. The van der Waals surface area contributed by atoms with Gasteiger partial charge in [0.2, 0.25) is 11.1 Å². The van der Waals surface area contributed by atoms with E-state index in [0.29, 0.717) is 23.7 Å². The van der Waals surface area contributed by atoms with Crippen molar-refractivity contribution in [3.05, 3.63) is 28.7 Å². The lowest BCUT2D eigenvalue weighted by molar-refractivity contribution is 0.308. The van der Waals surface area contributed by atoms with E-state index in [1.54, 1.807) is 0 Å². The molecule has 1 N–H and O–H groups in total. The van der Waals surface area contributed by atoms with E-state index in [1.165, 1.54) is 11.8 Å². The molecule has 0 saturated carbocycles. The van der Waals surface area contributed by atoms with Gasteiger partial charge in [-0.2, -0.15) is 15.0 Å². The summed E-state index contributed by atoms with van der Waals surface area (Å²) < 4.78 is 6.45.